The Bertz CT molecular complexity index is 7210. The van der Waals surface area contributed by atoms with Crippen molar-refractivity contribution in [3.8, 4) is 20.0 Å². The summed E-state index contributed by atoms with van der Waals surface area (Å²) in [7, 11) is 2.16. The summed E-state index contributed by atoms with van der Waals surface area (Å²) in [6.07, 6.45) is 9.92. The number of aryl methyl sites for hydroxylation is 4. The number of likely N-dealkylation sites (N-methyl/N-ethyl adjacent to an activating group) is 1. The molecule has 6 aliphatic rings. The topological polar surface area (TPSA) is 285 Å². The van der Waals surface area contributed by atoms with E-state index in [1.54, 1.807) is 101 Å². The quantitative estimate of drug-likeness (QED) is 0.0342. The fraction of sp³-hybridized carbons (Fsp3) is 0.390. The second kappa shape index (κ2) is 45.3. The summed E-state index contributed by atoms with van der Waals surface area (Å²) in [5.74, 6) is 6.05. The number of aromatic nitrogens is 12. The molecule has 18 rings (SSSR count). The zero-order valence-corrected chi connectivity index (χ0v) is 83.5. The number of piperazine rings is 1. The zero-order valence-electron chi connectivity index (χ0n) is 80.3. The highest BCUT2D eigenvalue weighted by molar-refractivity contribution is 7.16. The average Bonchev–Trinajstić information content (AvgIpc) is 1.60. The number of rotatable bonds is 27. The van der Waals surface area contributed by atoms with Gasteiger partial charge >= 0.3 is 0 Å². The van der Waals surface area contributed by atoms with E-state index in [-0.39, 0.29) is 48.8 Å². The van der Waals surface area contributed by atoms with Crippen molar-refractivity contribution in [2.24, 2.45) is 20.0 Å². The lowest BCUT2D eigenvalue weighted by Gasteiger charge is -2.32. The smallest absolute Gasteiger partial charge is 0.249 e. The first-order valence-corrected chi connectivity index (χ1v) is 50.0. The van der Waals surface area contributed by atoms with Crippen LogP contribution in [0.25, 0.3) is 58.8 Å². The summed E-state index contributed by atoms with van der Waals surface area (Å²) in [4.78, 5) is 111. The predicted molar refractivity (Wildman–Crippen MR) is 547 cm³/mol. The third kappa shape index (κ3) is 21.8. The molecule has 2 saturated heterocycles. The number of Topliss-reactive ketones (excluding diaryl/α,β-unsaturated/α-hetero) is 4. The van der Waals surface area contributed by atoms with Crippen molar-refractivity contribution in [2.45, 2.75) is 209 Å². The molecule has 4 aromatic carbocycles. The second-order valence-corrected chi connectivity index (χ2v) is 39.8. The van der Waals surface area contributed by atoms with Gasteiger partial charge in [-0.1, -0.05) is 110 Å². The van der Waals surface area contributed by atoms with Crippen molar-refractivity contribution >= 4 is 114 Å². The van der Waals surface area contributed by atoms with E-state index in [0.29, 0.717) is 91.5 Å². The zero-order chi connectivity index (χ0) is 99.1. The minimum atomic E-state index is -0.467. The van der Waals surface area contributed by atoms with E-state index >= 15 is 0 Å². The normalized spacial score (nSPS) is 16.1. The standard InChI is InChI=1S/C30H34N8OS.C29H31N7OS.C24H22N6OS.C22H18N6OS/c1-20-26(19-31-3)40-30-27(20)28(22-9-11-23(32-4)12-10-22)33-25(29-35-34-21(2)38(29)30)18-24(39)8-6-7-13-37-16-14-36(5)15-17-37;1-19-25(18-30-3)38-29-26(19)27(21-10-12-22(31-4)13-11-21)32-24(28-34-33-20(2)36(28)29)17-23(37)9-8-16-35-14-6-5-7-15-35;1-6-7-18(31)12-19-23-29-28-15(3)30(23)24-21(14(2)20(32-24)13-25-4)22(27-19)16-8-10-17(26-5)11-9-16;1-12(29)10-17-21-27-26-14(3)28(21)22-19(13(2)18(30-22)11-23-4)20(25-17)15-6-8-16(24-5)9-7-15/h9-12,25H,6-8,13-19H2,1-2,5H3;10-13,24H,5-9,14-18H2,1-2H3;8-11,19H,6-7,12-13H2,1-3H3;6-9,17H,10-11H2,1-3H3/t25-;24-;19-;17-/m0000/s1. The largest absolute Gasteiger partial charge is 0.311 e. The first-order valence-electron chi connectivity index (χ1n) is 46.7. The Morgan fingerprint density at radius 1 is 0.343 bits per heavy atom. The minimum absolute atomic E-state index is 0.0225. The van der Waals surface area contributed by atoms with E-state index in [0.717, 1.165) is 230 Å². The van der Waals surface area contributed by atoms with Crippen molar-refractivity contribution in [1.82, 2.24) is 73.8 Å². The van der Waals surface area contributed by atoms with Gasteiger partial charge in [0.15, 0.2) is 46.0 Å². The number of unbranched alkanes of at least 4 members (excludes halogenated alkanes) is 1. The Morgan fingerprint density at radius 2 is 0.614 bits per heavy atom. The van der Waals surface area contributed by atoms with Gasteiger partial charge in [0.05, 0.1) is 68.6 Å². The number of aliphatic imine (C=N–C) groups is 4. The molecule has 35 heteroatoms. The molecule has 8 aromatic heterocycles. The highest BCUT2D eigenvalue weighted by atomic mass is 32.1. The lowest BCUT2D eigenvalue weighted by molar-refractivity contribution is -0.120. The summed E-state index contributed by atoms with van der Waals surface area (Å²) in [5.41, 5.74) is 16.6. The molecule has 0 radical (unpaired) electrons. The number of nitrogens with zero attached hydrogens (tertiary/aromatic N) is 27. The summed E-state index contributed by atoms with van der Waals surface area (Å²) in [6, 6.07) is 27.6. The van der Waals surface area contributed by atoms with Gasteiger partial charge in [0.2, 0.25) is 26.2 Å². The Hall–Kier alpha value is -14.6. The first kappa shape index (κ1) is 99.9. The number of benzene rings is 4. The third-order valence-electron chi connectivity index (χ3n) is 25.8. The molecule has 0 unspecified atom stereocenters. The highest BCUT2D eigenvalue weighted by Crippen LogP contribution is 2.47. The molecular formula is C105H105N27O4S4. The third-order valence-corrected chi connectivity index (χ3v) is 30.8. The van der Waals surface area contributed by atoms with E-state index in [1.165, 1.54) is 19.3 Å². The van der Waals surface area contributed by atoms with Crippen LogP contribution in [0, 0.1) is 108 Å². The lowest BCUT2D eigenvalue weighted by atomic mass is 9.99. The van der Waals surface area contributed by atoms with Crippen molar-refractivity contribution in [3.63, 3.8) is 0 Å². The van der Waals surface area contributed by atoms with E-state index in [1.807, 2.05) is 129 Å². The number of likely N-dealkylation sites (tertiary alicyclic amines) is 1. The number of thiophene rings is 4. The van der Waals surface area contributed by atoms with Gasteiger partial charge in [-0.3, -0.25) is 57.4 Å². The molecular weight excluding hydrogens is 1830 g/mol. The van der Waals surface area contributed by atoms with E-state index in [4.69, 9.17) is 72.5 Å². The van der Waals surface area contributed by atoms with Gasteiger partial charge in [-0.25, -0.2) is 45.7 Å². The van der Waals surface area contributed by atoms with Crippen LogP contribution in [0.15, 0.2) is 117 Å². The van der Waals surface area contributed by atoms with Crippen molar-refractivity contribution < 1.29 is 19.2 Å². The van der Waals surface area contributed by atoms with Crippen LogP contribution in [0.1, 0.15) is 261 Å². The van der Waals surface area contributed by atoms with Crippen LogP contribution in [0.3, 0.4) is 0 Å². The monoisotopic (exact) mass is 1940 g/mol. The van der Waals surface area contributed by atoms with E-state index in [9.17, 15) is 19.2 Å². The van der Waals surface area contributed by atoms with Crippen LogP contribution in [0.4, 0.5) is 22.7 Å². The molecule has 31 nitrogen and oxygen atoms in total. The Kier molecular flexibility index (Phi) is 32.3. The number of carbonyl (C=O) groups is 4. The maximum Gasteiger partial charge on any atom is 0.249 e. The molecule has 0 N–H and O–H groups in total. The first-order chi connectivity index (χ1) is 67.8. The van der Waals surface area contributed by atoms with Gasteiger partial charge in [-0.05, 0) is 179 Å². The molecule has 6 aliphatic heterocycles. The fourth-order valence-electron chi connectivity index (χ4n) is 18.4. The Balaban J connectivity index is 0.000000142. The van der Waals surface area contributed by atoms with Gasteiger partial charge in [0, 0.05) is 93.4 Å². The van der Waals surface area contributed by atoms with Crippen LogP contribution < -0.4 is 0 Å². The van der Waals surface area contributed by atoms with Gasteiger partial charge in [0.1, 0.15) is 90.6 Å². The minimum Gasteiger partial charge on any atom is -0.311 e. The maximum absolute atomic E-state index is 13.3. The van der Waals surface area contributed by atoms with E-state index < -0.39 is 24.2 Å². The molecule has 0 amide bonds. The van der Waals surface area contributed by atoms with Crippen LogP contribution in [0.5, 0.6) is 0 Å². The van der Waals surface area contributed by atoms with Crippen LogP contribution in [-0.2, 0) is 45.4 Å². The van der Waals surface area contributed by atoms with Crippen LogP contribution >= 0.6 is 45.3 Å². The number of hydrogen-bond acceptors (Lipinski definition) is 23. The van der Waals surface area contributed by atoms with Crippen molar-refractivity contribution in [3.05, 3.63) is 321 Å². The fourth-order valence-corrected chi connectivity index (χ4v) is 23.6. The molecule has 0 aliphatic carbocycles. The summed E-state index contributed by atoms with van der Waals surface area (Å²) >= 11 is 6.23. The Morgan fingerprint density at radius 3 is 0.893 bits per heavy atom. The molecule has 0 spiro atoms. The Labute approximate surface area is 831 Å². The van der Waals surface area contributed by atoms with E-state index in [2.05, 4.69) is 101 Å². The predicted octanol–water partition coefficient (Wildman–Crippen LogP) is 21.6. The summed E-state index contributed by atoms with van der Waals surface area (Å²) in [5, 5.41) is 38.8. The molecule has 708 valence electrons. The summed E-state index contributed by atoms with van der Waals surface area (Å²) < 4.78 is 8.01. The molecule has 12 aromatic rings. The lowest BCUT2D eigenvalue weighted by Crippen LogP contribution is -2.44. The highest BCUT2D eigenvalue weighted by Gasteiger charge is 2.40. The molecule has 0 saturated carbocycles. The van der Waals surface area contributed by atoms with Gasteiger partial charge in [-0.2, -0.15) is 0 Å². The summed E-state index contributed by atoms with van der Waals surface area (Å²) in [6.45, 7) is 87.7. The molecule has 2 fully saturated rings. The number of piperidine rings is 1. The number of fused-ring (bicyclic) bond motifs is 12. The number of carbonyl (C=O) groups excluding carboxylic acids is 4. The SMILES string of the molecule is [C-]#[N+]Cc1sc2c(c1C)C(c1ccc([N+]#[C-])cc1)=N[C@@H](CC(=O)CCC)c1nnc(C)n1-2.[C-]#[N+]Cc1sc2c(c1C)C(c1ccc([N+]#[C-])cc1)=N[C@@H](CC(=O)CCCCN1CCN(C)CC1)c1nnc(C)n1-2.[C-]#[N+]Cc1sc2c(c1C)C(c1ccc([N+]#[C-])cc1)=N[C@@H](CC(=O)CCCN1CCCCC1)c1nnc(C)n1-2.[C-]#[N+]Cc1sc2c(c1C)C(c1ccc([N+]#[C-])cc1)=N[C@@H](CC(C)=O)c1nnc(C)n1-2. The molecule has 4 atom stereocenters. The van der Waals surface area contributed by atoms with Crippen molar-refractivity contribution in [2.75, 3.05) is 59.4 Å². The van der Waals surface area contributed by atoms with Crippen LogP contribution in [-0.4, -0.2) is 179 Å². The molecule has 14 heterocycles. The van der Waals surface area contributed by atoms with Gasteiger partial charge in [-0.15, -0.1) is 86.1 Å². The van der Waals surface area contributed by atoms with Gasteiger partial charge < -0.3 is 34.1 Å². The van der Waals surface area contributed by atoms with Crippen molar-refractivity contribution in [1.29, 1.82) is 0 Å². The average molecular weight is 1940 g/mol. The molecule has 140 heavy (non-hydrogen) atoms. The van der Waals surface area contributed by atoms with Crippen LogP contribution in [0.2, 0.25) is 0 Å². The van der Waals surface area contributed by atoms with Gasteiger partial charge in [0.25, 0.3) is 0 Å². The maximum atomic E-state index is 13.3. The number of ketones is 4. The molecule has 0 bridgehead atoms. The second-order valence-electron chi connectivity index (χ2n) is 35.5. The number of hydrogen-bond donors (Lipinski definition) is 0.